The number of aryl methyl sites for hydroxylation is 1. The predicted molar refractivity (Wildman–Crippen MR) is 110 cm³/mol. The number of aliphatic hydroxyl groups excluding tert-OH is 1. The minimum atomic E-state index is -0.786. The van der Waals surface area contributed by atoms with E-state index in [2.05, 4.69) is 13.0 Å². The van der Waals surface area contributed by atoms with E-state index in [1.165, 1.54) is 37.7 Å². The van der Waals surface area contributed by atoms with Crippen molar-refractivity contribution in [2.45, 2.75) is 96.5 Å². The van der Waals surface area contributed by atoms with Crippen molar-refractivity contribution in [3.63, 3.8) is 0 Å². The number of benzene rings is 1. The van der Waals surface area contributed by atoms with Crippen LogP contribution in [-0.4, -0.2) is 28.9 Å². The third-order valence-electron chi connectivity index (χ3n) is 4.89. The molecular formula is C23H38O4. The summed E-state index contributed by atoms with van der Waals surface area (Å²) in [6, 6.07) is 7.97. The second-order valence-corrected chi connectivity index (χ2v) is 7.41. The molecule has 4 heteroatoms. The van der Waals surface area contributed by atoms with Crippen LogP contribution in [0.5, 0.6) is 5.75 Å². The van der Waals surface area contributed by atoms with Crippen LogP contribution in [-0.2, 0) is 11.2 Å². The number of unbranched alkanes of at least 4 members (excludes halogenated alkanes) is 6. The highest BCUT2D eigenvalue weighted by Gasteiger charge is 2.07. The number of carbonyl (C=O) groups is 1. The van der Waals surface area contributed by atoms with Crippen molar-refractivity contribution in [2.75, 3.05) is 6.61 Å². The van der Waals surface area contributed by atoms with Gasteiger partial charge in [0.25, 0.3) is 0 Å². The van der Waals surface area contributed by atoms with E-state index in [0.29, 0.717) is 13.0 Å². The molecule has 154 valence electrons. The fourth-order valence-electron chi connectivity index (χ4n) is 3.26. The summed E-state index contributed by atoms with van der Waals surface area (Å²) in [5.41, 5.74) is 1.17. The molecule has 1 aromatic carbocycles. The van der Waals surface area contributed by atoms with Gasteiger partial charge in [-0.15, -0.1) is 0 Å². The smallest absolute Gasteiger partial charge is 0.303 e. The fraction of sp³-hybridized carbons (Fsp3) is 0.696. The first kappa shape index (κ1) is 23.5. The van der Waals surface area contributed by atoms with Gasteiger partial charge in [0, 0.05) is 6.42 Å². The van der Waals surface area contributed by atoms with Crippen LogP contribution in [0.25, 0.3) is 0 Å². The van der Waals surface area contributed by atoms with Crippen molar-refractivity contribution in [2.24, 2.45) is 0 Å². The van der Waals surface area contributed by atoms with Crippen molar-refractivity contribution in [3.8, 4) is 5.75 Å². The van der Waals surface area contributed by atoms with Crippen molar-refractivity contribution < 1.29 is 19.7 Å². The first-order valence-corrected chi connectivity index (χ1v) is 10.7. The Hall–Kier alpha value is -1.55. The van der Waals surface area contributed by atoms with Gasteiger partial charge >= 0.3 is 5.97 Å². The van der Waals surface area contributed by atoms with Crippen LogP contribution in [0.1, 0.15) is 89.5 Å². The van der Waals surface area contributed by atoms with Crippen molar-refractivity contribution >= 4 is 5.97 Å². The molecule has 0 aliphatic heterocycles. The quantitative estimate of drug-likeness (QED) is 0.338. The third kappa shape index (κ3) is 12.5. The molecule has 0 radical (unpaired) electrons. The third-order valence-corrected chi connectivity index (χ3v) is 4.89. The minimum absolute atomic E-state index is 0.138. The van der Waals surface area contributed by atoms with E-state index >= 15 is 0 Å². The Morgan fingerprint density at radius 2 is 1.63 bits per heavy atom. The average molecular weight is 379 g/mol. The molecule has 1 aromatic rings. The largest absolute Gasteiger partial charge is 0.493 e. The van der Waals surface area contributed by atoms with Gasteiger partial charge in [0.05, 0.1) is 12.7 Å². The van der Waals surface area contributed by atoms with Gasteiger partial charge in [0.15, 0.2) is 0 Å². The molecule has 0 spiro atoms. The SMILES string of the molecule is CCCCCCCCC(O)CCCCc1ccccc1OCCCC(=O)O. The van der Waals surface area contributed by atoms with E-state index in [1.807, 2.05) is 18.2 Å². The maximum absolute atomic E-state index is 10.6. The maximum atomic E-state index is 10.6. The van der Waals surface area contributed by atoms with Gasteiger partial charge in [0.1, 0.15) is 5.75 Å². The molecule has 0 amide bonds. The number of ether oxygens (including phenoxy) is 1. The number of carboxylic acids is 1. The number of carboxylic acid groups (broad SMARTS) is 1. The Morgan fingerprint density at radius 1 is 0.963 bits per heavy atom. The van der Waals surface area contributed by atoms with Crippen LogP contribution < -0.4 is 4.74 Å². The standard InChI is InChI=1S/C23H38O4/c1-2-3-4-5-6-7-15-21(24)16-10-8-13-20-14-9-11-17-22(20)27-19-12-18-23(25)26/h9,11,14,17,21,24H,2-8,10,12-13,15-16,18-19H2,1H3,(H,25,26). The maximum Gasteiger partial charge on any atom is 0.303 e. The summed E-state index contributed by atoms with van der Waals surface area (Å²) in [5, 5.41) is 18.8. The minimum Gasteiger partial charge on any atom is -0.493 e. The lowest BCUT2D eigenvalue weighted by molar-refractivity contribution is -0.137. The normalized spacial score (nSPS) is 12.1. The van der Waals surface area contributed by atoms with E-state index in [-0.39, 0.29) is 12.5 Å². The highest BCUT2D eigenvalue weighted by molar-refractivity contribution is 5.66. The highest BCUT2D eigenvalue weighted by atomic mass is 16.5. The Balaban J connectivity index is 2.15. The second kappa shape index (κ2) is 15.5. The van der Waals surface area contributed by atoms with Crippen molar-refractivity contribution in [1.29, 1.82) is 0 Å². The molecule has 0 aliphatic rings. The van der Waals surface area contributed by atoms with Crippen molar-refractivity contribution in [3.05, 3.63) is 29.8 Å². The highest BCUT2D eigenvalue weighted by Crippen LogP contribution is 2.21. The lowest BCUT2D eigenvalue weighted by Gasteiger charge is -2.12. The van der Waals surface area contributed by atoms with E-state index in [9.17, 15) is 9.90 Å². The lowest BCUT2D eigenvalue weighted by atomic mass is 10.0. The number of aliphatic carboxylic acids is 1. The van der Waals surface area contributed by atoms with Crippen LogP contribution in [0, 0.1) is 0 Å². The lowest BCUT2D eigenvalue weighted by Crippen LogP contribution is -2.06. The van der Waals surface area contributed by atoms with Crippen LogP contribution in [0.4, 0.5) is 0 Å². The zero-order chi connectivity index (χ0) is 19.7. The second-order valence-electron chi connectivity index (χ2n) is 7.41. The van der Waals surface area contributed by atoms with Crippen molar-refractivity contribution in [1.82, 2.24) is 0 Å². The predicted octanol–water partition coefficient (Wildman–Crippen LogP) is 5.75. The summed E-state index contributed by atoms with van der Waals surface area (Å²) in [7, 11) is 0. The molecule has 0 saturated heterocycles. The Labute approximate surface area is 164 Å². The van der Waals surface area contributed by atoms with Crippen LogP contribution in [0.3, 0.4) is 0 Å². The van der Waals surface area contributed by atoms with Gasteiger partial charge in [-0.05, 0) is 43.7 Å². The molecular weight excluding hydrogens is 340 g/mol. The monoisotopic (exact) mass is 378 g/mol. The summed E-state index contributed by atoms with van der Waals surface area (Å²) in [6.07, 6.45) is 12.9. The molecule has 0 aromatic heterocycles. The molecule has 0 saturated carbocycles. The molecule has 2 N–H and O–H groups in total. The molecule has 1 atom stereocenters. The Kier molecular flexibility index (Phi) is 13.5. The number of aliphatic hydroxyl groups is 1. The van der Waals surface area contributed by atoms with Gasteiger partial charge in [-0.1, -0.05) is 70.1 Å². The molecule has 0 bridgehead atoms. The number of hydrogen-bond donors (Lipinski definition) is 2. The van der Waals surface area contributed by atoms with Gasteiger partial charge < -0.3 is 14.9 Å². The zero-order valence-electron chi connectivity index (χ0n) is 17.0. The summed E-state index contributed by atoms with van der Waals surface area (Å²) in [4.78, 5) is 10.6. The van der Waals surface area contributed by atoms with Gasteiger partial charge in [0.2, 0.25) is 0 Å². The number of hydrogen-bond acceptors (Lipinski definition) is 3. The van der Waals surface area contributed by atoms with E-state index in [4.69, 9.17) is 9.84 Å². The van der Waals surface area contributed by atoms with Gasteiger partial charge in [-0.3, -0.25) is 4.79 Å². The first-order valence-electron chi connectivity index (χ1n) is 10.7. The summed E-state index contributed by atoms with van der Waals surface area (Å²) in [6.45, 7) is 2.66. The van der Waals surface area contributed by atoms with Crippen LogP contribution in [0.2, 0.25) is 0 Å². The average Bonchev–Trinajstić information content (AvgIpc) is 2.66. The zero-order valence-corrected chi connectivity index (χ0v) is 17.0. The Morgan fingerprint density at radius 3 is 2.37 bits per heavy atom. The molecule has 27 heavy (non-hydrogen) atoms. The van der Waals surface area contributed by atoms with Crippen LogP contribution in [0.15, 0.2) is 24.3 Å². The van der Waals surface area contributed by atoms with E-state index < -0.39 is 5.97 Å². The van der Waals surface area contributed by atoms with E-state index in [1.54, 1.807) is 0 Å². The molecule has 0 fully saturated rings. The molecule has 0 heterocycles. The first-order chi connectivity index (χ1) is 13.1. The van der Waals surface area contributed by atoms with E-state index in [0.717, 1.165) is 44.3 Å². The van der Waals surface area contributed by atoms with Crippen LogP contribution >= 0.6 is 0 Å². The number of rotatable bonds is 17. The molecule has 4 nitrogen and oxygen atoms in total. The topological polar surface area (TPSA) is 66.8 Å². The Bertz CT molecular complexity index is 501. The molecule has 0 aliphatic carbocycles. The summed E-state index contributed by atoms with van der Waals surface area (Å²) < 4.78 is 5.75. The summed E-state index contributed by atoms with van der Waals surface area (Å²) in [5.74, 6) is 0.0712. The number of para-hydroxylation sites is 1. The van der Waals surface area contributed by atoms with Gasteiger partial charge in [-0.2, -0.15) is 0 Å². The van der Waals surface area contributed by atoms with Gasteiger partial charge in [-0.25, -0.2) is 0 Å². The summed E-state index contributed by atoms with van der Waals surface area (Å²) >= 11 is 0. The fourth-order valence-corrected chi connectivity index (χ4v) is 3.26. The molecule has 1 unspecified atom stereocenters. The molecule has 1 rings (SSSR count).